The molecule has 0 aliphatic carbocycles. The van der Waals surface area contributed by atoms with Gasteiger partial charge < -0.3 is 20.1 Å². The number of methoxy groups -OCH3 is 1. The Labute approximate surface area is 170 Å². The fourth-order valence-electron chi connectivity index (χ4n) is 2.26. The van der Waals surface area contributed by atoms with E-state index in [0.717, 1.165) is 6.07 Å². The maximum atomic E-state index is 12.0. The Morgan fingerprint density at radius 3 is 2.40 bits per heavy atom. The second kappa shape index (κ2) is 10.2. The topological polar surface area (TPSA) is 161 Å². The number of amides is 2. The molecular formula is C19H16N4O7. The molecule has 0 aliphatic heterocycles. The molecule has 0 aromatic heterocycles. The number of hydrogen-bond donors (Lipinski definition) is 2. The number of nitriles is 1. The number of benzene rings is 2. The van der Waals surface area contributed by atoms with Crippen molar-refractivity contribution in [2.45, 2.75) is 6.42 Å². The molecule has 0 bridgehead atoms. The first-order chi connectivity index (χ1) is 14.3. The minimum Gasteiger partial charge on any atom is -0.494 e. The maximum Gasteiger partial charge on any atom is 0.338 e. The predicted octanol–water partition coefficient (Wildman–Crippen LogP) is 2.25. The summed E-state index contributed by atoms with van der Waals surface area (Å²) in [4.78, 5) is 45.6. The minimum atomic E-state index is -0.768. The van der Waals surface area contributed by atoms with Gasteiger partial charge in [-0.1, -0.05) is 0 Å². The van der Waals surface area contributed by atoms with Crippen molar-refractivity contribution in [1.82, 2.24) is 0 Å². The Kier molecular flexibility index (Phi) is 7.41. The number of esters is 1. The number of ether oxygens (including phenoxy) is 2. The van der Waals surface area contributed by atoms with Crippen molar-refractivity contribution in [2.24, 2.45) is 0 Å². The molecule has 0 spiro atoms. The molecule has 0 aliphatic rings. The Balaban J connectivity index is 1.92. The summed E-state index contributed by atoms with van der Waals surface area (Å²) in [5.41, 5.74) is 0.522. The molecule has 0 saturated heterocycles. The van der Waals surface area contributed by atoms with Gasteiger partial charge in [-0.25, -0.2) is 4.79 Å². The number of nitrogens with one attached hydrogen (secondary N) is 2. The Hall–Kier alpha value is -4.46. The van der Waals surface area contributed by atoms with Gasteiger partial charge in [0, 0.05) is 11.8 Å². The SMILES string of the molecule is COc1cc([N+](=O)[O-])ccc1NC(=O)COC(=O)c1ccc(NC(=O)CC#N)cc1. The van der Waals surface area contributed by atoms with Crippen molar-refractivity contribution in [3.63, 3.8) is 0 Å². The van der Waals surface area contributed by atoms with Gasteiger partial charge in [0.1, 0.15) is 12.2 Å². The number of carbonyl (C=O) groups excluding carboxylic acids is 3. The first-order valence-corrected chi connectivity index (χ1v) is 8.40. The van der Waals surface area contributed by atoms with E-state index in [1.807, 2.05) is 0 Å². The van der Waals surface area contributed by atoms with E-state index < -0.39 is 29.3 Å². The van der Waals surface area contributed by atoms with Crippen molar-refractivity contribution in [3.05, 3.63) is 58.1 Å². The second-order valence-corrected chi connectivity index (χ2v) is 5.73. The summed E-state index contributed by atoms with van der Waals surface area (Å²) in [6.45, 7) is -0.598. The van der Waals surface area contributed by atoms with Crippen LogP contribution in [0, 0.1) is 21.4 Å². The van der Waals surface area contributed by atoms with E-state index in [2.05, 4.69) is 10.6 Å². The molecule has 2 aromatic rings. The Morgan fingerprint density at radius 2 is 1.80 bits per heavy atom. The van der Waals surface area contributed by atoms with Crippen LogP contribution in [-0.2, 0) is 14.3 Å². The molecule has 11 heteroatoms. The molecule has 0 fully saturated rings. The van der Waals surface area contributed by atoms with Crippen LogP contribution in [0.1, 0.15) is 16.8 Å². The molecule has 0 heterocycles. The highest BCUT2D eigenvalue weighted by Gasteiger charge is 2.15. The number of rotatable bonds is 8. The van der Waals surface area contributed by atoms with Crippen LogP contribution in [0.25, 0.3) is 0 Å². The molecule has 154 valence electrons. The van der Waals surface area contributed by atoms with Crippen LogP contribution in [0.4, 0.5) is 17.1 Å². The zero-order chi connectivity index (χ0) is 22.1. The summed E-state index contributed by atoms with van der Waals surface area (Å²) in [5.74, 6) is -1.84. The van der Waals surface area contributed by atoms with E-state index in [9.17, 15) is 24.5 Å². The predicted molar refractivity (Wildman–Crippen MR) is 104 cm³/mol. The molecule has 2 amide bonds. The smallest absolute Gasteiger partial charge is 0.338 e. The summed E-state index contributed by atoms with van der Waals surface area (Å²) in [5, 5.41) is 24.2. The first kappa shape index (κ1) is 21.8. The number of anilines is 2. The van der Waals surface area contributed by atoms with Gasteiger partial charge >= 0.3 is 5.97 Å². The molecular weight excluding hydrogens is 396 g/mol. The minimum absolute atomic E-state index is 0.0814. The second-order valence-electron chi connectivity index (χ2n) is 5.73. The van der Waals surface area contributed by atoms with Crippen LogP contribution in [-0.4, -0.2) is 36.4 Å². The molecule has 0 saturated carbocycles. The average Bonchev–Trinajstić information content (AvgIpc) is 2.72. The summed E-state index contributed by atoms with van der Waals surface area (Å²) >= 11 is 0. The van der Waals surface area contributed by atoms with Crippen LogP contribution in [0.5, 0.6) is 5.75 Å². The fraction of sp³-hybridized carbons (Fsp3) is 0.158. The van der Waals surface area contributed by atoms with Gasteiger partial charge in [-0.2, -0.15) is 5.26 Å². The van der Waals surface area contributed by atoms with Crippen LogP contribution < -0.4 is 15.4 Å². The molecule has 11 nitrogen and oxygen atoms in total. The summed E-state index contributed by atoms with van der Waals surface area (Å²) in [6.07, 6.45) is -0.293. The van der Waals surface area contributed by atoms with Gasteiger partial charge in [-0.05, 0) is 30.3 Å². The third-order valence-electron chi connectivity index (χ3n) is 3.65. The molecule has 30 heavy (non-hydrogen) atoms. The summed E-state index contributed by atoms with van der Waals surface area (Å²) in [7, 11) is 1.29. The third-order valence-corrected chi connectivity index (χ3v) is 3.65. The summed E-state index contributed by atoms with van der Waals surface area (Å²) < 4.78 is 9.94. The zero-order valence-electron chi connectivity index (χ0n) is 15.7. The van der Waals surface area contributed by atoms with Gasteiger partial charge in [0.2, 0.25) is 5.91 Å². The van der Waals surface area contributed by atoms with Crippen LogP contribution >= 0.6 is 0 Å². The van der Waals surface area contributed by atoms with Crippen molar-refractivity contribution in [3.8, 4) is 11.8 Å². The van der Waals surface area contributed by atoms with E-state index in [1.54, 1.807) is 6.07 Å². The molecule has 2 aromatic carbocycles. The maximum absolute atomic E-state index is 12.0. The lowest BCUT2D eigenvalue weighted by molar-refractivity contribution is -0.384. The Bertz CT molecular complexity index is 1010. The normalized spacial score (nSPS) is 9.73. The standard InChI is InChI=1S/C19H16N4O7/c1-29-16-10-14(23(27)28)6-7-15(16)22-18(25)11-30-19(26)12-2-4-13(5-3-12)21-17(24)8-9-20/h2-7,10H,8,11H2,1H3,(H,21,24)(H,22,25). The van der Waals surface area contributed by atoms with Gasteiger partial charge in [0.15, 0.2) is 6.61 Å². The zero-order valence-corrected chi connectivity index (χ0v) is 15.7. The van der Waals surface area contributed by atoms with Crippen LogP contribution in [0.15, 0.2) is 42.5 Å². The van der Waals surface area contributed by atoms with Crippen molar-refractivity contribution >= 4 is 34.8 Å². The number of nitro benzene ring substituents is 1. The van der Waals surface area contributed by atoms with E-state index in [1.165, 1.54) is 43.5 Å². The highest BCUT2D eigenvalue weighted by molar-refractivity contribution is 5.97. The highest BCUT2D eigenvalue weighted by atomic mass is 16.6. The van der Waals surface area contributed by atoms with Gasteiger partial charge in [0.05, 0.1) is 35.4 Å². The molecule has 0 atom stereocenters. The van der Waals surface area contributed by atoms with Crippen LogP contribution in [0.3, 0.4) is 0 Å². The third kappa shape index (κ3) is 6.03. The molecule has 0 radical (unpaired) electrons. The monoisotopic (exact) mass is 412 g/mol. The average molecular weight is 412 g/mol. The number of non-ortho nitro benzene ring substituents is 1. The lowest BCUT2D eigenvalue weighted by Crippen LogP contribution is -2.21. The van der Waals surface area contributed by atoms with E-state index in [0.29, 0.717) is 5.69 Å². The number of nitrogens with zero attached hydrogens (tertiary/aromatic N) is 2. The van der Waals surface area contributed by atoms with Gasteiger partial charge in [-0.3, -0.25) is 19.7 Å². The van der Waals surface area contributed by atoms with Crippen LogP contribution in [0.2, 0.25) is 0 Å². The van der Waals surface area contributed by atoms with E-state index in [-0.39, 0.29) is 29.1 Å². The molecule has 2 N–H and O–H groups in total. The lowest BCUT2D eigenvalue weighted by atomic mass is 10.2. The van der Waals surface area contributed by atoms with Gasteiger partial charge in [0.25, 0.3) is 11.6 Å². The van der Waals surface area contributed by atoms with E-state index >= 15 is 0 Å². The largest absolute Gasteiger partial charge is 0.494 e. The summed E-state index contributed by atoms with van der Waals surface area (Å²) in [6, 6.07) is 11.0. The van der Waals surface area contributed by atoms with E-state index in [4.69, 9.17) is 14.7 Å². The lowest BCUT2D eigenvalue weighted by Gasteiger charge is -2.10. The number of carbonyl (C=O) groups is 3. The first-order valence-electron chi connectivity index (χ1n) is 8.40. The number of nitro groups is 1. The number of hydrogen-bond acceptors (Lipinski definition) is 8. The quantitative estimate of drug-likeness (QED) is 0.379. The fourth-order valence-corrected chi connectivity index (χ4v) is 2.26. The van der Waals surface area contributed by atoms with Crippen molar-refractivity contribution in [2.75, 3.05) is 24.4 Å². The van der Waals surface area contributed by atoms with Crippen molar-refractivity contribution in [1.29, 1.82) is 5.26 Å². The molecule has 2 rings (SSSR count). The molecule has 0 unspecified atom stereocenters. The van der Waals surface area contributed by atoms with Gasteiger partial charge in [-0.15, -0.1) is 0 Å². The van der Waals surface area contributed by atoms with Crippen molar-refractivity contribution < 1.29 is 28.8 Å². The Morgan fingerprint density at radius 1 is 1.10 bits per heavy atom. The highest BCUT2D eigenvalue weighted by Crippen LogP contribution is 2.28.